The van der Waals surface area contributed by atoms with Crippen molar-refractivity contribution in [2.75, 3.05) is 6.54 Å². The summed E-state index contributed by atoms with van der Waals surface area (Å²) in [5, 5.41) is 2.95. The zero-order valence-corrected chi connectivity index (χ0v) is 10.5. The van der Waals surface area contributed by atoms with Crippen LogP contribution in [0, 0.1) is 6.92 Å². The predicted molar refractivity (Wildman–Crippen MR) is 68.8 cm³/mol. The van der Waals surface area contributed by atoms with Gasteiger partial charge in [-0.25, -0.2) is 0 Å². The Morgan fingerprint density at radius 3 is 2.65 bits per heavy atom. The van der Waals surface area contributed by atoms with Crippen LogP contribution in [0.1, 0.15) is 30.9 Å². The van der Waals surface area contributed by atoms with Crippen LogP contribution in [0.3, 0.4) is 0 Å². The lowest BCUT2D eigenvalue weighted by Crippen LogP contribution is -2.41. The summed E-state index contributed by atoms with van der Waals surface area (Å²) in [5.74, 6) is -0.0649. The summed E-state index contributed by atoms with van der Waals surface area (Å²) < 4.78 is 0. The third-order valence-corrected chi connectivity index (χ3v) is 3.58. The quantitative estimate of drug-likeness (QED) is 0.826. The maximum atomic E-state index is 11.5. The van der Waals surface area contributed by atoms with E-state index in [1.165, 1.54) is 11.1 Å². The molecule has 1 amide bonds. The summed E-state index contributed by atoms with van der Waals surface area (Å²) in [5.41, 5.74) is 8.38. The first kappa shape index (κ1) is 12.1. The maximum absolute atomic E-state index is 11.5. The summed E-state index contributed by atoms with van der Waals surface area (Å²) in [6.07, 6.45) is 2.30. The van der Waals surface area contributed by atoms with Crippen LogP contribution in [-0.2, 0) is 10.2 Å². The SMILES string of the molecule is Cc1ccccc1C1(CNC(=O)[C@@H](C)N)CC1. The van der Waals surface area contributed by atoms with Gasteiger partial charge in [-0.2, -0.15) is 0 Å². The van der Waals surface area contributed by atoms with Crippen LogP contribution in [0.4, 0.5) is 0 Å². The number of hydrogen-bond acceptors (Lipinski definition) is 2. The van der Waals surface area contributed by atoms with Crippen LogP contribution < -0.4 is 11.1 Å². The predicted octanol–water partition coefficient (Wildman–Crippen LogP) is 1.49. The molecule has 1 aromatic rings. The number of amides is 1. The molecule has 1 aliphatic rings. The molecule has 1 saturated carbocycles. The van der Waals surface area contributed by atoms with Crippen molar-refractivity contribution in [1.29, 1.82) is 0 Å². The van der Waals surface area contributed by atoms with E-state index in [9.17, 15) is 4.79 Å². The van der Waals surface area contributed by atoms with Crippen molar-refractivity contribution in [3.8, 4) is 0 Å². The van der Waals surface area contributed by atoms with Crippen LogP contribution in [0.2, 0.25) is 0 Å². The van der Waals surface area contributed by atoms with Gasteiger partial charge in [0.05, 0.1) is 6.04 Å². The molecule has 17 heavy (non-hydrogen) atoms. The Kier molecular flexibility index (Phi) is 3.20. The number of nitrogens with one attached hydrogen (secondary N) is 1. The second kappa shape index (κ2) is 4.49. The van der Waals surface area contributed by atoms with Crippen LogP contribution >= 0.6 is 0 Å². The lowest BCUT2D eigenvalue weighted by Gasteiger charge is -2.19. The van der Waals surface area contributed by atoms with Gasteiger partial charge in [-0.15, -0.1) is 0 Å². The zero-order valence-electron chi connectivity index (χ0n) is 10.5. The van der Waals surface area contributed by atoms with Crippen LogP contribution in [0.5, 0.6) is 0 Å². The molecule has 0 radical (unpaired) electrons. The average molecular weight is 232 g/mol. The highest BCUT2D eigenvalue weighted by Crippen LogP contribution is 2.48. The van der Waals surface area contributed by atoms with E-state index < -0.39 is 6.04 Å². The van der Waals surface area contributed by atoms with Crippen molar-refractivity contribution in [1.82, 2.24) is 5.32 Å². The van der Waals surface area contributed by atoms with Crippen molar-refractivity contribution < 1.29 is 4.79 Å². The molecule has 3 heteroatoms. The van der Waals surface area contributed by atoms with E-state index in [-0.39, 0.29) is 11.3 Å². The molecule has 0 aliphatic heterocycles. The molecule has 3 N–H and O–H groups in total. The molecule has 1 fully saturated rings. The van der Waals surface area contributed by atoms with Gasteiger partial charge in [0.1, 0.15) is 0 Å². The molecule has 0 bridgehead atoms. The van der Waals surface area contributed by atoms with Crippen LogP contribution in [0.15, 0.2) is 24.3 Å². The Bertz CT molecular complexity index is 422. The van der Waals surface area contributed by atoms with E-state index >= 15 is 0 Å². The highest BCUT2D eigenvalue weighted by Gasteiger charge is 2.45. The monoisotopic (exact) mass is 232 g/mol. The summed E-state index contributed by atoms with van der Waals surface area (Å²) in [4.78, 5) is 11.5. The van der Waals surface area contributed by atoms with Crippen molar-refractivity contribution in [2.45, 2.75) is 38.1 Å². The van der Waals surface area contributed by atoms with E-state index in [0.717, 1.165) is 12.8 Å². The number of carbonyl (C=O) groups excluding carboxylic acids is 1. The topological polar surface area (TPSA) is 55.1 Å². The Morgan fingerprint density at radius 1 is 1.47 bits per heavy atom. The highest BCUT2D eigenvalue weighted by atomic mass is 16.2. The molecule has 0 heterocycles. The van der Waals surface area contributed by atoms with Gasteiger partial charge in [-0.3, -0.25) is 4.79 Å². The summed E-state index contributed by atoms with van der Waals surface area (Å²) in [6, 6.07) is 7.98. The van der Waals surface area contributed by atoms with Crippen molar-refractivity contribution in [3.63, 3.8) is 0 Å². The Hall–Kier alpha value is -1.35. The molecule has 0 aromatic heterocycles. The van der Waals surface area contributed by atoms with Gasteiger partial charge in [0.2, 0.25) is 5.91 Å². The largest absolute Gasteiger partial charge is 0.354 e. The van der Waals surface area contributed by atoms with E-state index in [1.54, 1.807) is 6.92 Å². The molecule has 1 atom stereocenters. The first-order valence-corrected chi connectivity index (χ1v) is 6.15. The van der Waals surface area contributed by atoms with E-state index in [2.05, 4.69) is 36.5 Å². The molecular weight excluding hydrogens is 212 g/mol. The Balaban J connectivity index is 2.06. The lowest BCUT2D eigenvalue weighted by molar-refractivity contribution is -0.122. The van der Waals surface area contributed by atoms with Crippen molar-refractivity contribution in [2.24, 2.45) is 5.73 Å². The number of aryl methyl sites for hydroxylation is 1. The fraction of sp³-hybridized carbons (Fsp3) is 0.500. The molecule has 0 saturated heterocycles. The van der Waals surface area contributed by atoms with Gasteiger partial charge in [-0.05, 0) is 37.8 Å². The number of rotatable bonds is 4. The molecule has 1 aromatic carbocycles. The smallest absolute Gasteiger partial charge is 0.236 e. The van der Waals surface area contributed by atoms with E-state index in [1.807, 2.05) is 0 Å². The van der Waals surface area contributed by atoms with Gasteiger partial charge >= 0.3 is 0 Å². The molecule has 1 aliphatic carbocycles. The summed E-state index contributed by atoms with van der Waals surface area (Å²) in [6.45, 7) is 4.55. The molecule has 2 rings (SSSR count). The third-order valence-electron chi connectivity index (χ3n) is 3.58. The van der Waals surface area contributed by atoms with Crippen LogP contribution in [0.25, 0.3) is 0 Å². The summed E-state index contributed by atoms with van der Waals surface area (Å²) >= 11 is 0. The lowest BCUT2D eigenvalue weighted by atomic mass is 9.92. The Labute approximate surface area is 102 Å². The fourth-order valence-electron chi connectivity index (χ4n) is 2.28. The highest BCUT2D eigenvalue weighted by molar-refractivity contribution is 5.81. The van der Waals surface area contributed by atoms with Gasteiger partial charge in [0.25, 0.3) is 0 Å². The second-order valence-corrected chi connectivity index (χ2v) is 5.10. The van der Waals surface area contributed by atoms with Gasteiger partial charge < -0.3 is 11.1 Å². The standard InChI is InChI=1S/C14H20N2O/c1-10-5-3-4-6-12(10)14(7-8-14)9-16-13(17)11(2)15/h3-6,11H,7-9,15H2,1-2H3,(H,16,17)/t11-/m1/s1. The number of hydrogen-bond donors (Lipinski definition) is 2. The normalized spacial score (nSPS) is 18.5. The van der Waals surface area contributed by atoms with Gasteiger partial charge in [-0.1, -0.05) is 24.3 Å². The summed E-state index contributed by atoms with van der Waals surface area (Å²) in [7, 11) is 0. The minimum absolute atomic E-state index is 0.0649. The average Bonchev–Trinajstić information content (AvgIpc) is 3.07. The molecular formula is C14H20N2O. The number of nitrogens with two attached hydrogens (primary N) is 1. The third kappa shape index (κ3) is 2.50. The van der Waals surface area contributed by atoms with Gasteiger partial charge in [0, 0.05) is 12.0 Å². The van der Waals surface area contributed by atoms with E-state index in [4.69, 9.17) is 5.73 Å². The van der Waals surface area contributed by atoms with Crippen molar-refractivity contribution in [3.05, 3.63) is 35.4 Å². The second-order valence-electron chi connectivity index (χ2n) is 5.10. The Morgan fingerprint density at radius 2 is 2.12 bits per heavy atom. The number of carbonyl (C=O) groups is 1. The maximum Gasteiger partial charge on any atom is 0.236 e. The molecule has 0 unspecified atom stereocenters. The molecule has 0 spiro atoms. The minimum Gasteiger partial charge on any atom is -0.354 e. The first-order valence-electron chi connectivity index (χ1n) is 6.15. The molecule has 92 valence electrons. The minimum atomic E-state index is -0.428. The van der Waals surface area contributed by atoms with Crippen LogP contribution in [-0.4, -0.2) is 18.5 Å². The van der Waals surface area contributed by atoms with E-state index in [0.29, 0.717) is 6.54 Å². The van der Waals surface area contributed by atoms with Gasteiger partial charge in [0.15, 0.2) is 0 Å². The number of benzene rings is 1. The fourth-order valence-corrected chi connectivity index (χ4v) is 2.28. The van der Waals surface area contributed by atoms with Crippen molar-refractivity contribution >= 4 is 5.91 Å². The molecule has 3 nitrogen and oxygen atoms in total. The zero-order chi connectivity index (χ0) is 12.5. The first-order chi connectivity index (χ1) is 8.05.